The van der Waals surface area contributed by atoms with Gasteiger partial charge in [-0.3, -0.25) is 4.79 Å². The molecule has 1 aromatic heterocycles. The van der Waals surface area contributed by atoms with Gasteiger partial charge in [-0.05, 0) is 6.92 Å². The molecule has 31 heavy (non-hydrogen) atoms. The number of hydrogen-bond acceptors (Lipinski definition) is 8. The second kappa shape index (κ2) is 8.99. The van der Waals surface area contributed by atoms with Gasteiger partial charge in [0.1, 0.15) is 17.2 Å². The van der Waals surface area contributed by atoms with Crippen LogP contribution in [-0.2, 0) is 0 Å². The van der Waals surface area contributed by atoms with Crippen LogP contribution in [0.15, 0.2) is 18.2 Å². The Bertz CT molecular complexity index is 980. The standard InChI is InChI=1S/C21H26N4O6/c1-12-16(21(27)28)17(18(22)19(23-12)31-4)20(26)25-7-5-24(6-8-25)13-9-14(29-2)11-15(10-13)30-3/h9-11H,5-8,22H2,1-4H3,(H,27,28). The zero-order chi connectivity index (χ0) is 22.7. The van der Waals surface area contributed by atoms with E-state index in [4.69, 9.17) is 19.9 Å². The van der Waals surface area contributed by atoms with Gasteiger partial charge in [0, 0.05) is 50.1 Å². The Kier molecular flexibility index (Phi) is 6.38. The van der Waals surface area contributed by atoms with Crippen LogP contribution < -0.4 is 24.8 Å². The van der Waals surface area contributed by atoms with E-state index in [1.54, 1.807) is 25.2 Å². The fourth-order valence-electron chi connectivity index (χ4n) is 3.63. The summed E-state index contributed by atoms with van der Waals surface area (Å²) in [5, 5.41) is 9.63. The molecule has 0 bridgehead atoms. The predicted octanol–water partition coefficient (Wildman–Crippen LogP) is 1.66. The summed E-state index contributed by atoms with van der Waals surface area (Å²) in [6, 6.07) is 5.59. The number of methoxy groups -OCH3 is 3. The number of anilines is 2. The molecular formula is C21H26N4O6. The van der Waals surface area contributed by atoms with E-state index in [2.05, 4.69) is 9.88 Å². The summed E-state index contributed by atoms with van der Waals surface area (Å²) >= 11 is 0. The van der Waals surface area contributed by atoms with Crippen LogP contribution in [0, 0.1) is 6.92 Å². The third kappa shape index (κ3) is 4.27. The molecule has 0 aliphatic carbocycles. The molecule has 0 spiro atoms. The first-order valence-corrected chi connectivity index (χ1v) is 9.65. The number of ether oxygens (including phenoxy) is 3. The maximum absolute atomic E-state index is 13.3. The van der Waals surface area contributed by atoms with Crippen LogP contribution in [0.5, 0.6) is 17.4 Å². The predicted molar refractivity (Wildman–Crippen MR) is 115 cm³/mol. The Morgan fingerprint density at radius 2 is 1.55 bits per heavy atom. The normalized spacial score (nSPS) is 13.7. The molecule has 2 aromatic rings. The molecule has 1 amide bonds. The molecule has 1 aliphatic rings. The molecule has 3 N–H and O–H groups in total. The number of aryl methyl sites for hydroxylation is 1. The summed E-state index contributed by atoms with van der Waals surface area (Å²) in [4.78, 5) is 32.8. The van der Waals surface area contributed by atoms with Gasteiger partial charge >= 0.3 is 5.97 Å². The largest absolute Gasteiger partial charge is 0.497 e. The fourth-order valence-corrected chi connectivity index (χ4v) is 3.63. The number of nitrogen functional groups attached to an aromatic ring is 1. The SMILES string of the molecule is COc1cc(OC)cc(N2CCN(C(=O)c3c(N)c(OC)nc(C)c3C(=O)O)CC2)c1. The van der Waals surface area contributed by atoms with E-state index in [-0.39, 0.29) is 28.4 Å². The number of hydrogen-bond donors (Lipinski definition) is 2. The van der Waals surface area contributed by atoms with Crippen LogP contribution in [0.2, 0.25) is 0 Å². The maximum atomic E-state index is 13.3. The zero-order valence-electron chi connectivity index (χ0n) is 18.0. The summed E-state index contributed by atoms with van der Waals surface area (Å²) in [6.07, 6.45) is 0. The summed E-state index contributed by atoms with van der Waals surface area (Å²) in [5.41, 5.74) is 6.77. The van der Waals surface area contributed by atoms with Crippen molar-refractivity contribution in [3.8, 4) is 17.4 Å². The monoisotopic (exact) mass is 430 g/mol. The van der Waals surface area contributed by atoms with Crippen LogP contribution in [0.1, 0.15) is 26.4 Å². The second-order valence-corrected chi connectivity index (χ2v) is 7.03. The number of carbonyl (C=O) groups is 2. The minimum atomic E-state index is -1.26. The highest BCUT2D eigenvalue weighted by atomic mass is 16.5. The van der Waals surface area contributed by atoms with Crippen molar-refractivity contribution >= 4 is 23.3 Å². The van der Waals surface area contributed by atoms with Gasteiger partial charge in [0.15, 0.2) is 0 Å². The molecular weight excluding hydrogens is 404 g/mol. The molecule has 1 saturated heterocycles. The van der Waals surface area contributed by atoms with Gasteiger partial charge in [-0.15, -0.1) is 0 Å². The lowest BCUT2D eigenvalue weighted by molar-refractivity contribution is 0.0671. The number of carbonyl (C=O) groups excluding carboxylic acids is 1. The average molecular weight is 430 g/mol. The number of benzene rings is 1. The van der Waals surface area contributed by atoms with Crippen molar-refractivity contribution in [1.29, 1.82) is 0 Å². The molecule has 3 rings (SSSR count). The number of carboxylic acid groups (broad SMARTS) is 1. The molecule has 166 valence electrons. The van der Waals surface area contributed by atoms with Crippen molar-refractivity contribution in [2.45, 2.75) is 6.92 Å². The van der Waals surface area contributed by atoms with E-state index in [1.165, 1.54) is 14.0 Å². The molecule has 2 heterocycles. The summed E-state index contributed by atoms with van der Waals surface area (Å²) < 4.78 is 15.8. The van der Waals surface area contributed by atoms with Gasteiger partial charge < -0.3 is 34.9 Å². The van der Waals surface area contributed by atoms with Gasteiger partial charge in [-0.2, -0.15) is 0 Å². The van der Waals surface area contributed by atoms with Gasteiger partial charge in [-0.1, -0.05) is 0 Å². The highest BCUT2D eigenvalue weighted by molar-refractivity contribution is 6.09. The molecule has 0 radical (unpaired) electrons. The van der Waals surface area contributed by atoms with Crippen LogP contribution >= 0.6 is 0 Å². The van der Waals surface area contributed by atoms with Crippen molar-refractivity contribution < 1.29 is 28.9 Å². The number of rotatable bonds is 6. The molecule has 0 unspecified atom stereocenters. The van der Waals surface area contributed by atoms with Crippen LogP contribution in [0.25, 0.3) is 0 Å². The molecule has 0 saturated carbocycles. The number of aromatic nitrogens is 1. The Labute approximate surface area is 180 Å². The van der Waals surface area contributed by atoms with Gasteiger partial charge in [0.2, 0.25) is 5.88 Å². The number of aromatic carboxylic acids is 1. The minimum absolute atomic E-state index is 0.0351. The van der Waals surface area contributed by atoms with E-state index in [0.717, 1.165) is 5.69 Å². The second-order valence-electron chi connectivity index (χ2n) is 7.03. The first-order chi connectivity index (χ1) is 14.8. The molecule has 1 fully saturated rings. The maximum Gasteiger partial charge on any atom is 0.338 e. The Morgan fingerprint density at radius 3 is 2.03 bits per heavy atom. The van der Waals surface area contributed by atoms with E-state index < -0.39 is 11.9 Å². The number of carboxylic acids is 1. The highest BCUT2D eigenvalue weighted by Gasteiger charge is 2.31. The number of amides is 1. The first-order valence-electron chi connectivity index (χ1n) is 9.65. The lowest BCUT2D eigenvalue weighted by Crippen LogP contribution is -2.49. The molecule has 10 nitrogen and oxygen atoms in total. The third-order valence-corrected chi connectivity index (χ3v) is 5.27. The van der Waals surface area contributed by atoms with Gasteiger partial charge in [0.25, 0.3) is 5.91 Å². The average Bonchev–Trinajstić information content (AvgIpc) is 2.78. The lowest BCUT2D eigenvalue weighted by atomic mass is 10.0. The highest BCUT2D eigenvalue weighted by Crippen LogP contribution is 2.31. The van der Waals surface area contributed by atoms with Crippen molar-refractivity contribution in [2.75, 3.05) is 58.1 Å². The van der Waals surface area contributed by atoms with E-state index in [1.807, 2.05) is 12.1 Å². The number of pyridine rings is 1. The topological polar surface area (TPSA) is 127 Å². The van der Waals surface area contributed by atoms with Crippen molar-refractivity contribution in [1.82, 2.24) is 9.88 Å². The Morgan fingerprint density at radius 1 is 0.968 bits per heavy atom. The first kappa shape index (κ1) is 22.0. The third-order valence-electron chi connectivity index (χ3n) is 5.27. The summed E-state index contributed by atoms with van der Waals surface area (Å²) in [5.74, 6) is -0.337. The van der Waals surface area contributed by atoms with Crippen LogP contribution in [-0.4, -0.2) is 74.4 Å². The van der Waals surface area contributed by atoms with E-state index in [9.17, 15) is 14.7 Å². The van der Waals surface area contributed by atoms with Crippen LogP contribution in [0.3, 0.4) is 0 Å². The Hall–Kier alpha value is -3.69. The van der Waals surface area contributed by atoms with E-state index >= 15 is 0 Å². The van der Waals surface area contributed by atoms with Gasteiger partial charge in [-0.25, -0.2) is 9.78 Å². The number of nitrogens with zero attached hydrogens (tertiary/aromatic N) is 3. The quantitative estimate of drug-likeness (QED) is 0.703. The molecule has 0 atom stereocenters. The molecule has 10 heteroatoms. The van der Waals surface area contributed by atoms with E-state index in [0.29, 0.717) is 37.7 Å². The molecule has 1 aliphatic heterocycles. The molecule has 1 aromatic carbocycles. The van der Waals surface area contributed by atoms with Crippen LogP contribution in [0.4, 0.5) is 11.4 Å². The smallest absolute Gasteiger partial charge is 0.338 e. The Balaban J connectivity index is 1.85. The minimum Gasteiger partial charge on any atom is -0.497 e. The van der Waals surface area contributed by atoms with Crippen molar-refractivity contribution in [3.05, 3.63) is 35.0 Å². The van der Waals surface area contributed by atoms with Crippen molar-refractivity contribution in [3.63, 3.8) is 0 Å². The fraction of sp³-hybridized carbons (Fsp3) is 0.381. The van der Waals surface area contributed by atoms with Crippen molar-refractivity contribution in [2.24, 2.45) is 0 Å². The number of nitrogens with two attached hydrogens (primary N) is 1. The lowest BCUT2D eigenvalue weighted by Gasteiger charge is -2.36. The van der Waals surface area contributed by atoms with Gasteiger partial charge in [0.05, 0.1) is 38.2 Å². The number of piperazine rings is 1. The summed E-state index contributed by atoms with van der Waals surface area (Å²) in [7, 11) is 4.54. The zero-order valence-corrected chi connectivity index (χ0v) is 18.0. The summed E-state index contributed by atoms with van der Waals surface area (Å²) in [6.45, 7) is 3.38.